The van der Waals surface area contributed by atoms with Crippen molar-refractivity contribution in [2.24, 2.45) is 5.92 Å². The van der Waals surface area contributed by atoms with Gasteiger partial charge in [-0.3, -0.25) is 9.78 Å². The van der Waals surface area contributed by atoms with Gasteiger partial charge in [-0.15, -0.1) is 0 Å². The molecule has 6 nitrogen and oxygen atoms in total. The molecule has 1 amide bonds. The Bertz CT molecular complexity index is 727. The molecule has 1 fully saturated rings. The van der Waals surface area contributed by atoms with Gasteiger partial charge in [0, 0.05) is 37.2 Å². The summed E-state index contributed by atoms with van der Waals surface area (Å²) >= 11 is 0. The maximum atomic E-state index is 12.7. The number of likely N-dealkylation sites (tertiary alicyclic amines) is 1. The highest BCUT2D eigenvalue weighted by Crippen LogP contribution is 2.23. The van der Waals surface area contributed by atoms with Crippen molar-refractivity contribution in [3.63, 3.8) is 0 Å². The molecule has 0 aliphatic carbocycles. The van der Waals surface area contributed by atoms with Crippen LogP contribution >= 0.6 is 0 Å². The van der Waals surface area contributed by atoms with Crippen molar-refractivity contribution in [2.75, 3.05) is 26.8 Å². The van der Waals surface area contributed by atoms with Gasteiger partial charge < -0.3 is 14.4 Å². The highest BCUT2D eigenvalue weighted by Gasteiger charge is 2.26. The fraction of sp³-hybridized carbons (Fsp3) is 0.421. The van der Waals surface area contributed by atoms with E-state index >= 15 is 0 Å². The molecule has 0 spiro atoms. The van der Waals surface area contributed by atoms with Crippen LogP contribution in [0.1, 0.15) is 28.9 Å². The normalized spacial score (nSPS) is 15.0. The second-order valence-corrected chi connectivity index (χ2v) is 6.24. The molecule has 2 aromatic heterocycles. The number of aromatic nitrogens is 2. The molecule has 0 radical (unpaired) electrons. The van der Waals surface area contributed by atoms with Gasteiger partial charge in [0.15, 0.2) is 0 Å². The molecule has 1 aliphatic heterocycles. The van der Waals surface area contributed by atoms with Crippen molar-refractivity contribution in [1.82, 2.24) is 14.9 Å². The first-order chi connectivity index (χ1) is 12.2. The van der Waals surface area contributed by atoms with Crippen LogP contribution < -0.4 is 9.47 Å². The topological polar surface area (TPSA) is 64.5 Å². The van der Waals surface area contributed by atoms with Crippen LogP contribution in [0.5, 0.6) is 11.6 Å². The minimum Gasteiger partial charge on any atom is -0.493 e. The summed E-state index contributed by atoms with van der Waals surface area (Å²) < 4.78 is 11.1. The first-order valence-electron chi connectivity index (χ1n) is 8.51. The third-order valence-electron chi connectivity index (χ3n) is 4.45. The monoisotopic (exact) mass is 341 g/mol. The molecular weight excluding hydrogens is 318 g/mol. The van der Waals surface area contributed by atoms with E-state index in [1.165, 1.54) is 7.11 Å². The number of pyridine rings is 2. The van der Waals surface area contributed by atoms with Crippen molar-refractivity contribution in [1.29, 1.82) is 0 Å². The third kappa shape index (κ3) is 4.26. The Balaban J connectivity index is 1.52. The lowest BCUT2D eigenvalue weighted by Crippen LogP contribution is -2.39. The molecule has 3 heterocycles. The summed E-state index contributed by atoms with van der Waals surface area (Å²) in [4.78, 5) is 22.8. The summed E-state index contributed by atoms with van der Waals surface area (Å²) in [6.45, 7) is 4.06. The number of carbonyl (C=O) groups excluding carboxylic acids is 1. The summed E-state index contributed by atoms with van der Waals surface area (Å²) in [5, 5.41) is 0. The van der Waals surface area contributed by atoms with Crippen LogP contribution in [0.25, 0.3) is 0 Å². The van der Waals surface area contributed by atoms with Gasteiger partial charge in [-0.1, -0.05) is 0 Å². The van der Waals surface area contributed by atoms with E-state index in [0.29, 0.717) is 24.0 Å². The van der Waals surface area contributed by atoms with Gasteiger partial charge in [-0.2, -0.15) is 0 Å². The Morgan fingerprint density at radius 3 is 2.76 bits per heavy atom. The van der Waals surface area contributed by atoms with E-state index in [2.05, 4.69) is 9.97 Å². The number of carbonyl (C=O) groups is 1. The van der Waals surface area contributed by atoms with Crippen LogP contribution in [-0.2, 0) is 0 Å². The maximum Gasteiger partial charge on any atom is 0.259 e. The average Bonchev–Trinajstić information content (AvgIpc) is 2.66. The van der Waals surface area contributed by atoms with Gasteiger partial charge in [0.2, 0.25) is 5.88 Å². The highest BCUT2D eigenvalue weighted by molar-refractivity contribution is 5.96. The zero-order valence-electron chi connectivity index (χ0n) is 14.6. The average molecular weight is 341 g/mol. The third-order valence-corrected chi connectivity index (χ3v) is 4.45. The Morgan fingerprint density at radius 1 is 1.24 bits per heavy atom. The minimum absolute atomic E-state index is 0.0194. The van der Waals surface area contributed by atoms with Gasteiger partial charge in [-0.25, -0.2) is 4.98 Å². The Hall–Kier alpha value is -2.63. The lowest BCUT2D eigenvalue weighted by atomic mass is 9.97. The summed E-state index contributed by atoms with van der Waals surface area (Å²) in [6, 6.07) is 7.33. The van der Waals surface area contributed by atoms with E-state index in [4.69, 9.17) is 9.47 Å². The SMILES string of the molecule is COc1ncccc1C(=O)N1CCC(COc2ccnc(C)c2)CC1. The number of ether oxygens (including phenoxy) is 2. The largest absolute Gasteiger partial charge is 0.493 e. The number of methoxy groups -OCH3 is 1. The second-order valence-electron chi connectivity index (χ2n) is 6.24. The van der Waals surface area contributed by atoms with Crippen LogP contribution in [0, 0.1) is 12.8 Å². The molecule has 132 valence electrons. The van der Waals surface area contributed by atoms with Crippen LogP contribution in [0.2, 0.25) is 0 Å². The molecule has 25 heavy (non-hydrogen) atoms. The minimum atomic E-state index is -0.0194. The van der Waals surface area contributed by atoms with Gasteiger partial charge in [-0.05, 0) is 43.9 Å². The molecule has 0 atom stereocenters. The van der Waals surface area contributed by atoms with Crippen molar-refractivity contribution in [3.8, 4) is 11.6 Å². The number of amides is 1. The van der Waals surface area contributed by atoms with Gasteiger partial charge >= 0.3 is 0 Å². The van der Waals surface area contributed by atoms with E-state index in [1.54, 1.807) is 24.5 Å². The summed E-state index contributed by atoms with van der Waals surface area (Å²) in [5.74, 6) is 1.67. The Kier molecular flexibility index (Phi) is 5.48. The van der Waals surface area contributed by atoms with Crippen LogP contribution in [-0.4, -0.2) is 47.6 Å². The molecule has 1 aliphatic rings. The molecule has 2 aromatic rings. The predicted molar refractivity (Wildman–Crippen MR) is 93.9 cm³/mol. The Labute approximate surface area is 147 Å². The van der Waals surface area contributed by atoms with Crippen molar-refractivity contribution >= 4 is 5.91 Å². The highest BCUT2D eigenvalue weighted by atomic mass is 16.5. The number of piperidine rings is 1. The van der Waals surface area contributed by atoms with E-state index in [1.807, 2.05) is 24.0 Å². The molecular formula is C19H23N3O3. The fourth-order valence-corrected chi connectivity index (χ4v) is 3.01. The lowest BCUT2D eigenvalue weighted by molar-refractivity contribution is 0.0657. The van der Waals surface area contributed by atoms with E-state index < -0.39 is 0 Å². The fourth-order valence-electron chi connectivity index (χ4n) is 3.01. The zero-order chi connectivity index (χ0) is 17.6. The number of aryl methyl sites for hydroxylation is 1. The molecule has 3 rings (SSSR count). The lowest BCUT2D eigenvalue weighted by Gasteiger charge is -2.32. The second kappa shape index (κ2) is 7.96. The smallest absolute Gasteiger partial charge is 0.259 e. The zero-order valence-corrected chi connectivity index (χ0v) is 14.6. The quantitative estimate of drug-likeness (QED) is 0.837. The van der Waals surface area contributed by atoms with Crippen molar-refractivity contribution < 1.29 is 14.3 Å². The number of rotatable bonds is 5. The molecule has 1 saturated heterocycles. The molecule has 0 N–H and O–H groups in total. The number of nitrogens with zero attached hydrogens (tertiary/aromatic N) is 3. The van der Waals surface area contributed by atoms with E-state index in [0.717, 1.165) is 37.4 Å². The molecule has 0 saturated carbocycles. The standard InChI is InChI=1S/C19H23N3O3/c1-14-12-16(5-9-20-14)25-13-15-6-10-22(11-7-15)19(23)17-4-3-8-21-18(17)24-2/h3-5,8-9,12,15H,6-7,10-11,13H2,1-2H3. The summed E-state index contributed by atoms with van der Waals surface area (Å²) in [6.07, 6.45) is 5.24. The molecule has 0 aromatic carbocycles. The molecule has 6 heteroatoms. The van der Waals surface area contributed by atoms with Crippen molar-refractivity contribution in [3.05, 3.63) is 47.9 Å². The first-order valence-corrected chi connectivity index (χ1v) is 8.51. The van der Waals surface area contributed by atoms with Crippen LogP contribution in [0.15, 0.2) is 36.7 Å². The van der Waals surface area contributed by atoms with Gasteiger partial charge in [0.25, 0.3) is 5.91 Å². The van der Waals surface area contributed by atoms with E-state index in [9.17, 15) is 4.79 Å². The van der Waals surface area contributed by atoms with E-state index in [-0.39, 0.29) is 5.91 Å². The first kappa shape index (κ1) is 17.2. The van der Waals surface area contributed by atoms with Crippen LogP contribution in [0.4, 0.5) is 0 Å². The van der Waals surface area contributed by atoms with Crippen molar-refractivity contribution in [2.45, 2.75) is 19.8 Å². The summed E-state index contributed by atoms with van der Waals surface area (Å²) in [5.41, 5.74) is 1.47. The number of hydrogen-bond acceptors (Lipinski definition) is 5. The Morgan fingerprint density at radius 2 is 2.04 bits per heavy atom. The molecule has 0 bridgehead atoms. The van der Waals surface area contributed by atoms with Gasteiger partial charge in [0.1, 0.15) is 11.3 Å². The molecule has 0 unspecified atom stereocenters. The van der Waals surface area contributed by atoms with Crippen LogP contribution in [0.3, 0.4) is 0 Å². The summed E-state index contributed by atoms with van der Waals surface area (Å²) in [7, 11) is 1.53. The number of hydrogen-bond donors (Lipinski definition) is 0. The van der Waals surface area contributed by atoms with Gasteiger partial charge in [0.05, 0.1) is 13.7 Å². The predicted octanol–water partition coefficient (Wildman–Crippen LogP) is 2.72. The maximum absolute atomic E-state index is 12.7.